The summed E-state index contributed by atoms with van der Waals surface area (Å²) in [5.74, 6) is -0.0814. The summed E-state index contributed by atoms with van der Waals surface area (Å²) < 4.78 is 1.96. The molecular formula is C13H21N3O2. The number of hydrogen-bond acceptors (Lipinski definition) is 3. The van der Waals surface area contributed by atoms with Crippen molar-refractivity contribution in [2.24, 2.45) is 5.92 Å². The summed E-state index contributed by atoms with van der Waals surface area (Å²) in [7, 11) is 0. The fourth-order valence-electron chi connectivity index (χ4n) is 1.92. The number of anilines is 1. The molecule has 1 aliphatic carbocycles. The SMILES string of the molecule is CC(CO)C(C)NC(=O)c1cc(N)cn1C1CC1. The molecule has 0 radical (unpaired) electrons. The second kappa shape index (κ2) is 5.02. The molecule has 0 saturated heterocycles. The standard InChI is InChI=1S/C13H21N3O2/c1-8(7-17)9(2)15-13(18)12-5-10(14)6-16(12)11-3-4-11/h5-6,8-9,11,17H,3-4,7,14H2,1-2H3,(H,15,18). The highest BCUT2D eigenvalue weighted by atomic mass is 16.3. The Morgan fingerprint density at radius 3 is 2.83 bits per heavy atom. The van der Waals surface area contributed by atoms with Crippen LogP contribution in [0, 0.1) is 5.92 Å². The number of aliphatic hydroxyl groups excluding tert-OH is 1. The van der Waals surface area contributed by atoms with Crippen molar-refractivity contribution in [3.8, 4) is 0 Å². The van der Waals surface area contributed by atoms with Crippen LogP contribution in [0.25, 0.3) is 0 Å². The third kappa shape index (κ3) is 2.67. The molecule has 2 atom stereocenters. The zero-order chi connectivity index (χ0) is 13.3. The van der Waals surface area contributed by atoms with Crippen molar-refractivity contribution in [2.75, 3.05) is 12.3 Å². The van der Waals surface area contributed by atoms with Crippen LogP contribution in [0.3, 0.4) is 0 Å². The molecule has 0 aliphatic heterocycles. The minimum absolute atomic E-state index is 0.0376. The Bertz CT molecular complexity index is 437. The number of nitrogens with two attached hydrogens (primary N) is 1. The van der Waals surface area contributed by atoms with Crippen LogP contribution in [0.4, 0.5) is 5.69 Å². The number of nitrogen functional groups attached to an aromatic ring is 1. The van der Waals surface area contributed by atoms with Crippen LogP contribution in [0.1, 0.15) is 43.2 Å². The van der Waals surface area contributed by atoms with Crippen LogP contribution in [0.5, 0.6) is 0 Å². The quantitative estimate of drug-likeness (QED) is 0.734. The van der Waals surface area contributed by atoms with Crippen molar-refractivity contribution in [3.63, 3.8) is 0 Å². The van der Waals surface area contributed by atoms with E-state index >= 15 is 0 Å². The maximum absolute atomic E-state index is 12.2. The van der Waals surface area contributed by atoms with Crippen molar-refractivity contribution in [1.82, 2.24) is 9.88 Å². The highest BCUT2D eigenvalue weighted by Gasteiger charge is 2.28. The van der Waals surface area contributed by atoms with Gasteiger partial charge in [-0.05, 0) is 31.7 Å². The predicted molar refractivity (Wildman–Crippen MR) is 70.3 cm³/mol. The molecule has 100 valence electrons. The van der Waals surface area contributed by atoms with Crippen LogP contribution in [0.2, 0.25) is 0 Å². The molecule has 1 aromatic heterocycles. The largest absolute Gasteiger partial charge is 0.397 e. The molecule has 1 amide bonds. The summed E-state index contributed by atoms with van der Waals surface area (Å²) in [5.41, 5.74) is 7.00. The Morgan fingerprint density at radius 2 is 2.28 bits per heavy atom. The van der Waals surface area contributed by atoms with E-state index in [-0.39, 0.29) is 24.5 Å². The third-order valence-corrected chi connectivity index (χ3v) is 3.54. The van der Waals surface area contributed by atoms with Crippen molar-refractivity contribution < 1.29 is 9.90 Å². The molecule has 2 unspecified atom stereocenters. The van der Waals surface area contributed by atoms with Gasteiger partial charge < -0.3 is 20.7 Å². The van der Waals surface area contributed by atoms with Crippen LogP contribution < -0.4 is 11.1 Å². The fourth-order valence-corrected chi connectivity index (χ4v) is 1.92. The molecule has 5 heteroatoms. The number of nitrogens with one attached hydrogen (secondary N) is 1. The van der Waals surface area contributed by atoms with E-state index in [0.717, 1.165) is 12.8 Å². The summed E-state index contributed by atoms with van der Waals surface area (Å²) in [6.45, 7) is 3.86. The van der Waals surface area contributed by atoms with E-state index in [1.807, 2.05) is 24.6 Å². The van der Waals surface area contributed by atoms with E-state index in [0.29, 0.717) is 17.4 Å². The number of amides is 1. The molecule has 0 bridgehead atoms. The molecule has 1 saturated carbocycles. The van der Waals surface area contributed by atoms with E-state index < -0.39 is 0 Å². The number of carbonyl (C=O) groups excluding carboxylic acids is 1. The fraction of sp³-hybridized carbons (Fsp3) is 0.615. The van der Waals surface area contributed by atoms with Gasteiger partial charge in [0.05, 0.1) is 5.69 Å². The van der Waals surface area contributed by atoms with Gasteiger partial charge in [0, 0.05) is 24.9 Å². The predicted octanol–water partition coefficient (Wildman–Crippen LogP) is 1.15. The van der Waals surface area contributed by atoms with Gasteiger partial charge in [0.15, 0.2) is 0 Å². The van der Waals surface area contributed by atoms with Crippen molar-refractivity contribution in [2.45, 2.75) is 38.8 Å². The molecule has 18 heavy (non-hydrogen) atoms. The van der Waals surface area contributed by atoms with Crippen molar-refractivity contribution >= 4 is 11.6 Å². The molecule has 1 aliphatic rings. The van der Waals surface area contributed by atoms with Gasteiger partial charge in [0.25, 0.3) is 5.91 Å². The van der Waals surface area contributed by atoms with Crippen LogP contribution in [-0.2, 0) is 0 Å². The molecule has 2 rings (SSSR count). The van der Waals surface area contributed by atoms with Gasteiger partial charge in [-0.3, -0.25) is 4.79 Å². The summed E-state index contributed by atoms with van der Waals surface area (Å²) in [5, 5.41) is 12.0. The first kappa shape index (κ1) is 13.0. The van der Waals surface area contributed by atoms with E-state index in [1.165, 1.54) is 0 Å². The first-order valence-corrected chi connectivity index (χ1v) is 6.42. The van der Waals surface area contributed by atoms with E-state index in [4.69, 9.17) is 10.8 Å². The van der Waals surface area contributed by atoms with Crippen LogP contribution in [-0.4, -0.2) is 28.2 Å². The van der Waals surface area contributed by atoms with E-state index in [1.54, 1.807) is 6.07 Å². The molecule has 1 heterocycles. The molecule has 0 aromatic carbocycles. The Labute approximate surface area is 107 Å². The first-order valence-electron chi connectivity index (χ1n) is 6.42. The summed E-state index contributed by atoms with van der Waals surface area (Å²) in [6, 6.07) is 2.07. The second-order valence-electron chi connectivity index (χ2n) is 5.22. The maximum Gasteiger partial charge on any atom is 0.268 e. The molecular weight excluding hydrogens is 230 g/mol. The van der Waals surface area contributed by atoms with Gasteiger partial charge in [0.2, 0.25) is 0 Å². The van der Waals surface area contributed by atoms with Gasteiger partial charge in [-0.25, -0.2) is 0 Å². The molecule has 5 nitrogen and oxygen atoms in total. The average Bonchev–Trinajstić information content (AvgIpc) is 3.11. The lowest BCUT2D eigenvalue weighted by molar-refractivity contribution is 0.0906. The molecule has 1 aromatic rings. The number of carbonyl (C=O) groups is 1. The number of hydrogen-bond donors (Lipinski definition) is 3. The second-order valence-corrected chi connectivity index (χ2v) is 5.22. The zero-order valence-corrected chi connectivity index (χ0v) is 10.9. The van der Waals surface area contributed by atoms with Gasteiger partial charge in [-0.1, -0.05) is 6.92 Å². The summed E-state index contributed by atoms with van der Waals surface area (Å²) in [6.07, 6.45) is 4.04. The number of rotatable bonds is 5. The van der Waals surface area contributed by atoms with Gasteiger partial charge >= 0.3 is 0 Å². The summed E-state index contributed by atoms with van der Waals surface area (Å²) >= 11 is 0. The summed E-state index contributed by atoms with van der Waals surface area (Å²) in [4.78, 5) is 12.2. The molecule has 1 fully saturated rings. The lowest BCUT2D eigenvalue weighted by Crippen LogP contribution is -2.39. The van der Waals surface area contributed by atoms with Crippen LogP contribution in [0.15, 0.2) is 12.3 Å². The molecule has 4 N–H and O–H groups in total. The highest BCUT2D eigenvalue weighted by Crippen LogP contribution is 2.37. The molecule has 0 spiro atoms. The normalized spacial score (nSPS) is 18.4. The average molecular weight is 251 g/mol. The Morgan fingerprint density at radius 1 is 1.61 bits per heavy atom. The number of aliphatic hydroxyl groups is 1. The number of aromatic nitrogens is 1. The minimum atomic E-state index is -0.119. The van der Waals surface area contributed by atoms with Crippen LogP contribution >= 0.6 is 0 Å². The smallest absolute Gasteiger partial charge is 0.268 e. The van der Waals surface area contributed by atoms with Crippen molar-refractivity contribution in [3.05, 3.63) is 18.0 Å². The Balaban J connectivity index is 2.08. The Hall–Kier alpha value is -1.49. The topological polar surface area (TPSA) is 80.3 Å². The zero-order valence-electron chi connectivity index (χ0n) is 10.9. The van der Waals surface area contributed by atoms with Gasteiger partial charge in [-0.2, -0.15) is 0 Å². The minimum Gasteiger partial charge on any atom is -0.397 e. The number of nitrogens with zero attached hydrogens (tertiary/aromatic N) is 1. The maximum atomic E-state index is 12.2. The van der Waals surface area contributed by atoms with Gasteiger partial charge in [0.1, 0.15) is 5.69 Å². The third-order valence-electron chi connectivity index (χ3n) is 3.54. The van der Waals surface area contributed by atoms with E-state index in [2.05, 4.69) is 5.32 Å². The Kier molecular flexibility index (Phi) is 3.61. The lowest BCUT2D eigenvalue weighted by atomic mass is 10.1. The first-order chi connectivity index (χ1) is 8.52. The van der Waals surface area contributed by atoms with Crippen molar-refractivity contribution in [1.29, 1.82) is 0 Å². The van der Waals surface area contributed by atoms with Gasteiger partial charge in [-0.15, -0.1) is 0 Å². The monoisotopic (exact) mass is 251 g/mol. The lowest BCUT2D eigenvalue weighted by Gasteiger charge is -2.19. The highest BCUT2D eigenvalue weighted by molar-refractivity contribution is 5.94. The van der Waals surface area contributed by atoms with E-state index in [9.17, 15) is 4.79 Å².